The second kappa shape index (κ2) is 8.51. The van der Waals surface area contributed by atoms with Crippen molar-refractivity contribution in [3.8, 4) is 0 Å². The highest BCUT2D eigenvalue weighted by atomic mass is 32.2. The number of nitrogens with one attached hydrogen (secondary N) is 1. The zero-order valence-electron chi connectivity index (χ0n) is 16.6. The lowest BCUT2D eigenvalue weighted by Crippen LogP contribution is -2.34. The summed E-state index contributed by atoms with van der Waals surface area (Å²) in [5.74, 6) is 6.97. The van der Waals surface area contributed by atoms with E-state index in [1.807, 2.05) is 20.8 Å². The number of benzene rings is 1. The third kappa shape index (κ3) is 4.84. The van der Waals surface area contributed by atoms with Crippen molar-refractivity contribution in [3.05, 3.63) is 41.5 Å². The first kappa shape index (κ1) is 20.6. The van der Waals surface area contributed by atoms with Crippen LogP contribution < -0.4 is 11.2 Å². The molecule has 1 saturated carbocycles. The van der Waals surface area contributed by atoms with E-state index in [0.717, 1.165) is 18.4 Å². The van der Waals surface area contributed by atoms with Crippen LogP contribution in [-0.4, -0.2) is 26.5 Å². The van der Waals surface area contributed by atoms with Crippen LogP contribution in [0.5, 0.6) is 0 Å². The SMILES string of the molecule is CC(C)(C)c1nnc(SCC(=O)NC(c2ccc(F)cc2)C2CCCC2)n1N. The predicted molar refractivity (Wildman–Crippen MR) is 109 cm³/mol. The minimum atomic E-state index is -0.271. The Hall–Kier alpha value is -2.09. The number of carbonyl (C=O) groups is 1. The van der Waals surface area contributed by atoms with Crippen molar-refractivity contribution in [1.82, 2.24) is 20.2 Å². The van der Waals surface area contributed by atoms with Gasteiger partial charge in [0.2, 0.25) is 11.1 Å². The molecule has 0 bridgehead atoms. The molecule has 0 radical (unpaired) electrons. The highest BCUT2D eigenvalue weighted by Crippen LogP contribution is 2.36. The molecule has 1 heterocycles. The fourth-order valence-electron chi connectivity index (χ4n) is 3.67. The van der Waals surface area contributed by atoms with Crippen LogP contribution in [0, 0.1) is 11.7 Å². The van der Waals surface area contributed by atoms with Crippen LogP contribution in [0.1, 0.15) is 63.9 Å². The molecule has 0 spiro atoms. The number of nitrogens with two attached hydrogens (primary N) is 1. The molecule has 6 nitrogen and oxygen atoms in total. The largest absolute Gasteiger partial charge is 0.348 e. The lowest BCUT2D eigenvalue weighted by atomic mass is 9.91. The molecule has 152 valence electrons. The first-order valence-electron chi connectivity index (χ1n) is 9.64. The van der Waals surface area contributed by atoms with E-state index in [0.29, 0.717) is 16.9 Å². The first-order chi connectivity index (χ1) is 13.3. The highest BCUT2D eigenvalue weighted by molar-refractivity contribution is 7.99. The van der Waals surface area contributed by atoms with E-state index in [4.69, 9.17) is 5.84 Å². The number of halogens is 1. The van der Waals surface area contributed by atoms with Gasteiger partial charge in [-0.3, -0.25) is 4.79 Å². The molecule has 0 saturated heterocycles. The minimum absolute atomic E-state index is 0.0912. The Morgan fingerprint density at radius 3 is 2.50 bits per heavy atom. The number of rotatable bonds is 6. The summed E-state index contributed by atoms with van der Waals surface area (Å²) in [7, 11) is 0. The molecule has 1 aliphatic rings. The summed E-state index contributed by atoms with van der Waals surface area (Å²) in [6.07, 6.45) is 4.47. The minimum Gasteiger partial charge on any atom is -0.348 e. The van der Waals surface area contributed by atoms with E-state index in [2.05, 4.69) is 15.5 Å². The van der Waals surface area contributed by atoms with E-state index in [-0.39, 0.29) is 28.9 Å². The van der Waals surface area contributed by atoms with Gasteiger partial charge in [0.15, 0.2) is 5.82 Å². The van der Waals surface area contributed by atoms with Gasteiger partial charge in [0, 0.05) is 5.41 Å². The summed E-state index contributed by atoms with van der Waals surface area (Å²) < 4.78 is 14.8. The molecule has 1 atom stereocenters. The average molecular weight is 406 g/mol. The van der Waals surface area contributed by atoms with Gasteiger partial charge in [0.1, 0.15) is 5.82 Å². The fourth-order valence-corrected chi connectivity index (χ4v) is 4.33. The molecule has 3 N–H and O–H groups in total. The topological polar surface area (TPSA) is 85.8 Å². The van der Waals surface area contributed by atoms with Gasteiger partial charge in [0.05, 0.1) is 11.8 Å². The maximum absolute atomic E-state index is 13.3. The third-order valence-electron chi connectivity index (χ3n) is 5.08. The molecule has 0 aliphatic heterocycles. The fraction of sp³-hybridized carbons (Fsp3) is 0.550. The molecule has 28 heavy (non-hydrogen) atoms. The molecular formula is C20H28FN5OS. The summed E-state index contributed by atoms with van der Waals surface area (Å²) in [6.45, 7) is 6.03. The molecule has 1 aliphatic carbocycles. The third-order valence-corrected chi connectivity index (χ3v) is 6.03. The number of thioether (sulfide) groups is 1. The van der Waals surface area contributed by atoms with Gasteiger partial charge < -0.3 is 11.2 Å². The molecule has 1 aromatic heterocycles. The quantitative estimate of drug-likeness (QED) is 0.567. The molecule has 1 unspecified atom stereocenters. The molecule has 1 amide bonds. The summed E-state index contributed by atoms with van der Waals surface area (Å²) in [4.78, 5) is 12.6. The molecular weight excluding hydrogens is 377 g/mol. The summed E-state index contributed by atoms with van der Waals surface area (Å²) in [5, 5.41) is 11.9. The van der Waals surface area contributed by atoms with Gasteiger partial charge in [-0.2, -0.15) is 0 Å². The van der Waals surface area contributed by atoms with Gasteiger partial charge in [-0.25, -0.2) is 9.07 Å². The summed E-state index contributed by atoms with van der Waals surface area (Å²) >= 11 is 1.27. The van der Waals surface area contributed by atoms with Gasteiger partial charge in [-0.15, -0.1) is 10.2 Å². The Labute approximate surface area is 169 Å². The lowest BCUT2D eigenvalue weighted by molar-refractivity contribution is -0.119. The van der Waals surface area contributed by atoms with Crippen molar-refractivity contribution in [2.75, 3.05) is 11.6 Å². The molecule has 1 aromatic carbocycles. The molecule has 3 rings (SSSR count). The van der Waals surface area contributed by atoms with Crippen LogP contribution in [0.4, 0.5) is 4.39 Å². The van der Waals surface area contributed by atoms with Crippen LogP contribution in [0.25, 0.3) is 0 Å². The average Bonchev–Trinajstić information content (AvgIpc) is 3.28. The Morgan fingerprint density at radius 2 is 1.93 bits per heavy atom. The number of nitrogens with zero attached hydrogens (tertiary/aromatic N) is 3. The van der Waals surface area contributed by atoms with E-state index < -0.39 is 0 Å². The monoisotopic (exact) mass is 405 g/mol. The molecule has 2 aromatic rings. The van der Waals surface area contributed by atoms with Crippen molar-refractivity contribution in [2.24, 2.45) is 5.92 Å². The lowest BCUT2D eigenvalue weighted by Gasteiger charge is -2.25. The maximum atomic E-state index is 13.3. The van der Waals surface area contributed by atoms with Crippen molar-refractivity contribution >= 4 is 17.7 Å². The number of aromatic nitrogens is 3. The first-order valence-corrected chi connectivity index (χ1v) is 10.6. The molecule has 1 fully saturated rings. The van der Waals surface area contributed by atoms with E-state index >= 15 is 0 Å². The van der Waals surface area contributed by atoms with Gasteiger partial charge in [-0.1, -0.05) is 57.5 Å². The Balaban J connectivity index is 1.66. The summed E-state index contributed by atoms with van der Waals surface area (Å²) in [5.41, 5.74) is 0.725. The number of amides is 1. The molecule has 8 heteroatoms. The van der Waals surface area contributed by atoms with Crippen LogP contribution in [0.3, 0.4) is 0 Å². The Morgan fingerprint density at radius 1 is 1.29 bits per heavy atom. The maximum Gasteiger partial charge on any atom is 0.230 e. The standard InChI is InChI=1S/C20H28FN5OS/c1-20(2,3)18-24-25-19(26(18)22)28-12-16(27)23-17(13-6-4-5-7-13)14-8-10-15(21)11-9-14/h8-11,13,17H,4-7,12,22H2,1-3H3,(H,23,27). The van der Waals surface area contributed by atoms with Crippen LogP contribution >= 0.6 is 11.8 Å². The zero-order chi connectivity index (χ0) is 20.3. The number of nitrogen functional groups attached to an aromatic ring is 1. The van der Waals surface area contributed by atoms with E-state index in [9.17, 15) is 9.18 Å². The number of hydrogen-bond donors (Lipinski definition) is 2. The van der Waals surface area contributed by atoms with E-state index in [1.165, 1.54) is 41.4 Å². The zero-order valence-corrected chi connectivity index (χ0v) is 17.4. The van der Waals surface area contributed by atoms with Crippen molar-refractivity contribution in [1.29, 1.82) is 0 Å². The van der Waals surface area contributed by atoms with E-state index in [1.54, 1.807) is 12.1 Å². The van der Waals surface area contributed by atoms with Crippen LogP contribution in [0.15, 0.2) is 29.4 Å². The smallest absolute Gasteiger partial charge is 0.230 e. The number of hydrogen-bond acceptors (Lipinski definition) is 5. The van der Waals surface area contributed by atoms with Crippen LogP contribution in [-0.2, 0) is 10.2 Å². The summed E-state index contributed by atoms with van der Waals surface area (Å²) in [6, 6.07) is 6.32. The highest BCUT2D eigenvalue weighted by Gasteiger charge is 2.28. The van der Waals surface area contributed by atoms with Crippen molar-refractivity contribution < 1.29 is 9.18 Å². The second-order valence-electron chi connectivity index (χ2n) is 8.36. The second-order valence-corrected chi connectivity index (χ2v) is 9.30. The number of carbonyl (C=O) groups excluding carboxylic acids is 1. The van der Waals surface area contributed by atoms with Gasteiger partial charge in [0.25, 0.3) is 0 Å². The Bertz CT molecular complexity index is 809. The normalized spacial score (nSPS) is 16.3. The van der Waals surface area contributed by atoms with Crippen molar-refractivity contribution in [2.45, 2.75) is 63.1 Å². The van der Waals surface area contributed by atoms with Crippen molar-refractivity contribution in [3.63, 3.8) is 0 Å². The van der Waals surface area contributed by atoms with Gasteiger partial charge in [-0.05, 0) is 36.5 Å². The van der Waals surface area contributed by atoms with Crippen LogP contribution in [0.2, 0.25) is 0 Å². The van der Waals surface area contributed by atoms with Gasteiger partial charge >= 0.3 is 0 Å². The predicted octanol–water partition coefficient (Wildman–Crippen LogP) is 3.57. The Kier molecular flexibility index (Phi) is 6.27.